The van der Waals surface area contributed by atoms with Crippen LogP contribution in [0.5, 0.6) is 0 Å². The van der Waals surface area contributed by atoms with Crippen molar-refractivity contribution in [3.8, 4) is 0 Å². The van der Waals surface area contributed by atoms with Crippen molar-refractivity contribution in [2.24, 2.45) is 0 Å². The molecule has 0 aliphatic heterocycles. The van der Waals surface area contributed by atoms with Crippen LogP contribution in [0.2, 0.25) is 0 Å². The lowest BCUT2D eigenvalue weighted by molar-refractivity contribution is 0.125. The highest BCUT2D eigenvalue weighted by Gasteiger charge is 2.30. The third kappa shape index (κ3) is 2.20. The molecule has 0 aromatic heterocycles. The van der Waals surface area contributed by atoms with Gasteiger partial charge in [-0.2, -0.15) is 0 Å². The van der Waals surface area contributed by atoms with Crippen LogP contribution < -0.4 is 5.32 Å². The highest BCUT2D eigenvalue weighted by Crippen LogP contribution is 2.30. The van der Waals surface area contributed by atoms with Gasteiger partial charge in [-0.25, -0.2) is 0 Å². The van der Waals surface area contributed by atoms with Gasteiger partial charge in [0.05, 0.1) is 18.2 Å². The van der Waals surface area contributed by atoms with E-state index in [0.717, 1.165) is 5.56 Å². The lowest BCUT2D eigenvalue weighted by Crippen LogP contribution is -2.33. The summed E-state index contributed by atoms with van der Waals surface area (Å²) in [4.78, 5) is 0. The molecule has 3 N–H and O–H groups in total. The number of benzene rings is 1. The molecule has 15 heavy (non-hydrogen) atoms. The summed E-state index contributed by atoms with van der Waals surface area (Å²) >= 11 is 0. The van der Waals surface area contributed by atoms with Gasteiger partial charge in [-0.15, -0.1) is 0 Å². The summed E-state index contributed by atoms with van der Waals surface area (Å²) in [5.41, 5.74) is 2.36. The van der Waals surface area contributed by atoms with E-state index in [9.17, 15) is 10.2 Å². The van der Waals surface area contributed by atoms with Gasteiger partial charge in [0.1, 0.15) is 0 Å². The number of nitrogens with one attached hydrogen (secondary N) is 1. The Morgan fingerprint density at radius 3 is 2.93 bits per heavy atom. The van der Waals surface area contributed by atoms with E-state index in [1.807, 2.05) is 24.3 Å². The molecule has 0 heterocycles. The van der Waals surface area contributed by atoms with Gasteiger partial charge < -0.3 is 15.5 Å². The molecule has 82 valence electrons. The van der Waals surface area contributed by atoms with Crippen molar-refractivity contribution in [1.29, 1.82) is 0 Å². The Bertz CT molecular complexity index is 338. The average molecular weight is 207 g/mol. The predicted molar refractivity (Wildman–Crippen MR) is 58.6 cm³/mol. The van der Waals surface area contributed by atoms with Gasteiger partial charge >= 0.3 is 0 Å². The zero-order chi connectivity index (χ0) is 10.8. The second kappa shape index (κ2) is 4.31. The topological polar surface area (TPSA) is 52.5 Å². The maximum absolute atomic E-state index is 9.88. The molecule has 0 unspecified atom stereocenters. The first kappa shape index (κ1) is 10.6. The van der Waals surface area contributed by atoms with Crippen molar-refractivity contribution in [3.05, 3.63) is 35.4 Å². The summed E-state index contributed by atoms with van der Waals surface area (Å²) in [6, 6.07) is 8.01. The summed E-state index contributed by atoms with van der Waals surface area (Å²) in [5, 5.41) is 22.3. The Balaban J connectivity index is 2.11. The summed E-state index contributed by atoms with van der Waals surface area (Å²) in [6.45, 7) is 2.25. The predicted octanol–water partition coefficient (Wildman–Crippen LogP) is 0.615. The first-order valence-corrected chi connectivity index (χ1v) is 5.36. The molecule has 3 heteroatoms. The molecule has 3 atom stereocenters. The molecular weight excluding hydrogens is 190 g/mol. The maximum atomic E-state index is 9.88. The second-order valence-electron chi connectivity index (χ2n) is 4.21. The molecule has 1 aromatic rings. The summed E-state index contributed by atoms with van der Waals surface area (Å²) < 4.78 is 0. The molecule has 1 aromatic carbocycles. The minimum atomic E-state index is -0.384. The molecule has 0 bridgehead atoms. The zero-order valence-electron chi connectivity index (χ0n) is 8.85. The number of hydrogen-bond donors (Lipinski definition) is 3. The van der Waals surface area contributed by atoms with Crippen molar-refractivity contribution >= 4 is 0 Å². The lowest BCUT2D eigenvalue weighted by atomic mass is 10.1. The first-order chi connectivity index (χ1) is 7.18. The Hall–Kier alpha value is -0.900. The quantitative estimate of drug-likeness (QED) is 0.681. The second-order valence-corrected chi connectivity index (χ2v) is 4.21. The lowest BCUT2D eigenvalue weighted by Gasteiger charge is -2.18. The summed E-state index contributed by atoms with van der Waals surface area (Å²) in [6.07, 6.45) is -0.0562. The Labute approximate surface area is 89.8 Å². The van der Waals surface area contributed by atoms with Crippen molar-refractivity contribution in [2.45, 2.75) is 31.6 Å². The van der Waals surface area contributed by atoms with Crippen LogP contribution in [-0.2, 0) is 6.42 Å². The van der Waals surface area contributed by atoms with Crippen molar-refractivity contribution in [1.82, 2.24) is 5.32 Å². The van der Waals surface area contributed by atoms with Gasteiger partial charge in [0, 0.05) is 13.0 Å². The van der Waals surface area contributed by atoms with Gasteiger partial charge in [0.2, 0.25) is 0 Å². The van der Waals surface area contributed by atoms with Crippen LogP contribution in [0.3, 0.4) is 0 Å². The van der Waals surface area contributed by atoms with E-state index in [-0.39, 0.29) is 18.2 Å². The Kier molecular flexibility index (Phi) is 3.05. The standard InChI is InChI=1S/C12H17NO2/c1-8(14)7-13-12-10-5-3-2-4-9(10)6-11(12)15/h2-5,8,11-15H,6-7H2,1H3/t8-,11+,12-/m1/s1. The van der Waals surface area contributed by atoms with E-state index >= 15 is 0 Å². The normalized spacial score (nSPS) is 26.3. The molecule has 0 fully saturated rings. The largest absolute Gasteiger partial charge is 0.392 e. The maximum Gasteiger partial charge on any atom is 0.0775 e. The first-order valence-electron chi connectivity index (χ1n) is 5.36. The van der Waals surface area contributed by atoms with E-state index < -0.39 is 0 Å². The van der Waals surface area contributed by atoms with Gasteiger partial charge in [0.25, 0.3) is 0 Å². The fraction of sp³-hybridized carbons (Fsp3) is 0.500. The molecular formula is C12H17NO2. The van der Waals surface area contributed by atoms with Gasteiger partial charge in [0.15, 0.2) is 0 Å². The van der Waals surface area contributed by atoms with Crippen molar-refractivity contribution in [2.75, 3.05) is 6.54 Å². The number of fused-ring (bicyclic) bond motifs is 1. The molecule has 2 rings (SSSR count). The molecule has 0 amide bonds. The third-order valence-corrected chi connectivity index (χ3v) is 2.84. The fourth-order valence-corrected chi connectivity index (χ4v) is 2.12. The smallest absolute Gasteiger partial charge is 0.0775 e. The van der Waals surface area contributed by atoms with E-state index in [0.29, 0.717) is 13.0 Å². The average Bonchev–Trinajstić information content (AvgIpc) is 2.50. The number of aliphatic hydroxyl groups excluding tert-OH is 2. The Morgan fingerprint density at radius 1 is 1.47 bits per heavy atom. The van der Waals surface area contributed by atoms with Gasteiger partial charge in [-0.05, 0) is 18.1 Å². The molecule has 1 aliphatic rings. The Morgan fingerprint density at radius 2 is 2.20 bits per heavy atom. The molecule has 3 nitrogen and oxygen atoms in total. The van der Waals surface area contributed by atoms with E-state index in [2.05, 4.69) is 5.32 Å². The van der Waals surface area contributed by atoms with E-state index in [1.165, 1.54) is 5.56 Å². The van der Waals surface area contributed by atoms with Crippen LogP contribution in [0.4, 0.5) is 0 Å². The summed E-state index contributed by atoms with van der Waals surface area (Å²) in [7, 11) is 0. The zero-order valence-corrected chi connectivity index (χ0v) is 8.85. The number of hydrogen-bond acceptors (Lipinski definition) is 3. The molecule has 0 saturated carbocycles. The van der Waals surface area contributed by atoms with Crippen LogP contribution in [0.15, 0.2) is 24.3 Å². The highest BCUT2D eigenvalue weighted by atomic mass is 16.3. The number of aliphatic hydroxyl groups is 2. The van der Waals surface area contributed by atoms with Crippen molar-refractivity contribution in [3.63, 3.8) is 0 Å². The van der Waals surface area contributed by atoms with Crippen molar-refractivity contribution < 1.29 is 10.2 Å². The van der Waals surface area contributed by atoms with Gasteiger partial charge in [-0.3, -0.25) is 0 Å². The van der Waals surface area contributed by atoms with Crippen LogP contribution in [0, 0.1) is 0 Å². The van der Waals surface area contributed by atoms with E-state index in [1.54, 1.807) is 6.92 Å². The minimum Gasteiger partial charge on any atom is -0.392 e. The van der Waals surface area contributed by atoms with Crippen LogP contribution in [0.25, 0.3) is 0 Å². The molecule has 0 spiro atoms. The van der Waals surface area contributed by atoms with Crippen LogP contribution in [0.1, 0.15) is 24.1 Å². The van der Waals surface area contributed by atoms with Crippen LogP contribution in [-0.4, -0.2) is 29.0 Å². The molecule has 0 saturated heterocycles. The molecule has 0 radical (unpaired) electrons. The SMILES string of the molecule is C[C@@H](O)CN[C@@H]1c2ccccc2C[C@@H]1O. The fourth-order valence-electron chi connectivity index (χ4n) is 2.12. The summed E-state index contributed by atoms with van der Waals surface area (Å²) in [5.74, 6) is 0. The molecule has 1 aliphatic carbocycles. The minimum absolute atomic E-state index is 0.0317. The van der Waals surface area contributed by atoms with E-state index in [4.69, 9.17) is 0 Å². The van der Waals surface area contributed by atoms with Gasteiger partial charge in [-0.1, -0.05) is 24.3 Å². The third-order valence-electron chi connectivity index (χ3n) is 2.84. The van der Waals surface area contributed by atoms with Crippen LogP contribution >= 0.6 is 0 Å². The monoisotopic (exact) mass is 207 g/mol. The number of rotatable bonds is 3. The highest BCUT2D eigenvalue weighted by molar-refractivity contribution is 5.36.